The molecule has 1 aliphatic heterocycles. The first-order valence-corrected chi connectivity index (χ1v) is 6.29. The monoisotopic (exact) mass is 261 g/mol. The zero-order chi connectivity index (χ0) is 13.9. The second-order valence-electron chi connectivity index (χ2n) is 4.69. The van der Waals surface area contributed by atoms with Gasteiger partial charge in [-0.05, 0) is 25.0 Å². The summed E-state index contributed by atoms with van der Waals surface area (Å²) in [5, 5.41) is 0. The Kier molecular flexibility index (Phi) is 3.79. The number of halogens is 1. The molecule has 4 heteroatoms. The number of benzene rings is 1. The molecule has 1 fully saturated rings. The van der Waals surface area contributed by atoms with Crippen LogP contribution in [0.1, 0.15) is 29.6 Å². The zero-order valence-corrected chi connectivity index (χ0v) is 10.6. The summed E-state index contributed by atoms with van der Waals surface area (Å²) in [6.07, 6.45) is 1.96. The van der Waals surface area contributed by atoms with Crippen molar-refractivity contribution in [1.29, 1.82) is 0 Å². The first kappa shape index (κ1) is 13.5. The van der Waals surface area contributed by atoms with Gasteiger partial charge < -0.3 is 0 Å². The summed E-state index contributed by atoms with van der Waals surface area (Å²) in [6.45, 7) is 3.74. The van der Waals surface area contributed by atoms with Gasteiger partial charge in [0.05, 0.1) is 0 Å². The van der Waals surface area contributed by atoms with Crippen LogP contribution in [-0.4, -0.2) is 28.9 Å². The normalized spacial score (nSPS) is 23.2. The number of likely N-dealkylation sites (tertiary alicyclic amines) is 1. The molecule has 19 heavy (non-hydrogen) atoms. The van der Waals surface area contributed by atoms with Crippen LogP contribution < -0.4 is 0 Å². The topological polar surface area (TPSA) is 37.4 Å². The minimum atomic E-state index is -1.98. The number of carbonyl (C=O) groups excluding carboxylic acids is 2. The molecule has 2 amide bonds. The van der Waals surface area contributed by atoms with Crippen LogP contribution in [0.15, 0.2) is 43.0 Å². The van der Waals surface area contributed by atoms with Crippen LogP contribution in [-0.2, 0) is 4.79 Å². The minimum Gasteiger partial charge on any atom is -0.276 e. The van der Waals surface area contributed by atoms with Crippen molar-refractivity contribution in [2.24, 2.45) is 0 Å². The minimum absolute atomic E-state index is 0.0512. The fourth-order valence-electron chi connectivity index (χ4n) is 2.32. The standard InChI is InChI=1S/C15H16FNO2/c1-2-9-15(16)10-6-11-17(14(15)19)13(18)12-7-4-3-5-8-12/h2-5,7-8H,1,6,9-11H2/t15-/m0/s1. The summed E-state index contributed by atoms with van der Waals surface area (Å²) in [4.78, 5) is 25.4. The first-order valence-electron chi connectivity index (χ1n) is 6.29. The number of nitrogens with zero attached hydrogens (tertiary/aromatic N) is 1. The highest BCUT2D eigenvalue weighted by Gasteiger charge is 2.45. The van der Waals surface area contributed by atoms with Gasteiger partial charge >= 0.3 is 0 Å². The molecule has 3 nitrogen and oxygen atoms in total. The van der Waals surface area contributed by atoms with E-state index in [-0.39, 0.29) is 19.4 Å². The van der Waals surface area contributed by atoms with E-state index in [0.29, 0.717) is 12.0 Å². The average molecular weight is 261 g/mol. The van der Waals surface area contributed by atoms with Gasteiger partial charge in [-0.15, -0.1) is 6.58 Å². The lowest BCUT2D eigenvalue weighted by Gasteiger charge is -2.34. The van der Waals surface area contributed by atoms with Gasteiger partial charge in [0.25, 0.3) is 11.8 Å². The molecule has 0 spiro atoms. The Labute approximate surface area is 111 Å². The van der Waals surface area contributed by atoms with Crippen molar-refractivity contribution >= 4 is 11.8 Å². The van der Waals surface area contributed by atoms with E-state index in [1.165, 1.54) is 6.08 Å². The van der Waals surface area contributed by atoms with Crippen LogP contribution >= 0.6 is 0 Å². The molecule has 1 saturated heterocycles. The molecule has 0 saturated carbocycles. The van der Waals surface area contributed by atoms with E-state index in [4.69, 9.17) is 0 Å². The van der Waals surface area contributed by atoms with E-state index in [2.05, 4.69) is 6.58 Å². The predicted octanol–water partition coefficient (Wildman–Crippen LogP) is 2.73. The van der Waals surface area contributed by atoms with Crippen molar-refractivity contribution in [1.82, 2.24) is 4.90 Å². The highest BCUT2D eigenvalue weighted by Crippen LogP contribution is 2.31. The van der Waals surface area contributed by atoms with Gasteiger partial charge in [0.15, 0.2) is 5.67 Å². The number of alkyl halides is 1. The molecule has 0 bridgehead atoms. The smallest absolute Gasteiger partial charge is 0.267 e. The SMILES string of the molecule is C=CC[C@]1(F)CCCN(C(=O)c2ccccc2)C1=O. The summed E-state index contributed by atoms with van der Waals surface area (Å²) in [7, 11) is 0. The molecule has 1 heterocycles. The number of imide groups is 1. The predicted molar refractivity (Wildman–Crippen MR) is 70.4 cm³/mol. The van der Waals surface area contributed by atoms with Crippen LogP contribution in [0.25, 0.3) is 0 Å². The number of hydrogen-bond donors (Lipinski definition) is 0. The number of piperidine rings is 1. The van der Waals surface area contributed by atoms with Gasteiger partial charge in [0, 0.05) is 18.5 Å². The van der Waals surface area contributed by atoms with Gasteiger partial charge in [-0.2, -0.15) is 0 Å². The molecule has 1 atom stereocenters. The third kappa shape index (κ3) is 2.57. The summed E-state index contributed by atoms with van der Waals surface area (Å²) in [6, 6.07) is 8.46. The molecule has 0 N–H and O–H groups in total. The van der Waals surface area contributed by atoms with Crippen LogP contribution in [0.5, 0.6) is 0 Å². The average Bonchev–Trinajstić information content (AvgIpc) is 2.43. The van der Waals surface area contributed by atoms with Crippen molar-refractivity contribution in [2.45, 2.75) is 24.9 Å². The maximum absolute atomic E-state index is 14.5. The number of rotatable bonds is 3. The molecule has 0 radical (unpaired) electrons. The van der Waals surface area contributed by atoms with E-state index >= 15 is 0 Å². The fraction of sp³-hybridized carbons (Fsp3) is 0.333. The molecular weight excluding hydrogens is 245 g/mol. The van der Waals surface area contributed by atoms with E-state index in [0.717, 1.165) is 4.90 Å². The number of amides is 2. The molecule has 0 aliphatic carbocycles. The van der Waals surface area contributed by atoms with Crippen LogP contribution in [0.3, 0.4) is 0 Å². The number of carbonyl (C=O) groups is 2. The van der Waals surface area contributed by atoms with E-state index in [1.807, 2.05) is 0 Å². The first-order chi connectivity index (χ1) is 9.08. The summed E-state index contributed by atoms with van der Waals surface area (Å²) in [5.74, 6) is -1.18. The highest BCUT2D eigenvalue weighted by atomic mass is 19.1. The Morgan fingerprint density at radius 1 is 1.42 bits per heavy atom. The molecule has 1 aliphatic rings. The Hall–Kier alpha value is -1.97. The van der Waals surface area contributed by atoms with Crippen molar-refractivity contribution in [2.75, 3.05) is 6.54 Å². The second kappa shape index (κ2) is 5.34. The molecule has 0 aromatic heterocycles. The zero-order valence-electron chi connectivity index (χ0n) is 10.6. The van der Waals surface area contributed by atoms with Crippen molar-refractivity contribution in [3.8, 4) is 0 Å². The number of hydrogen-bond acceptors (Lipinski definition) is 2. The van der Waals surface area contributed by atoms with Crippen LogP contribution in [0, 0.1) is 0 Å². The lowest BCUT2D eigenvalue weighted by Crippen LogP contribution is -2.52. The summed E-state index contributed by atoms with van der Waals surface area (Å²) in [5.41, 5.74) is -1.58. The van der Waals surface area contributed by atoms with Gasteiger partial charge in [-0.25, -0.2) is 4.39 Å². The molecule has 1 aromatic rings. The number of allylic oxidation sites excluding steroid dienone is 1. The second-order valence-corrected chi connectivity index (χ2v) is 4.69. The fourth-order valence-corrected chi connectivity index (χ4v) is 2.32. The quantitative estimate of drug-likeness (QED) is 0.619. The van der Waals surface area contributed by atoms with Gasteiger partial charge in [-0.1, -0.05) is 24.3 Å². The molecule has 2 rings (SSSR count). The Balaban J connectivity index is 2.23. The Morgan fingerprint density at radius 3 is 2.74 bits per heavy atom. The van der Waals surface area contributed by atoms with Gasteiger partial charge in [-0.3, -0.25) is 14.5 Å². The third-order valence-electron chi connectivity index (χ3n) is 3.32. The Morgan fingerprint density at radius 2 is 2.11 bits per heavy atom. The van der Waals surface area contributed by atoms with E-state index in [9.17, 15) is 14.0 Å². The largest absolute Gasteiger partial charge is 0.276 e. The van der Waals surface area contributed by atoms with Crippen molar-refractivity contribution < 1.29 is 14.0 Å². The molecule has 1 aromatic carbocycles. The van der Waals surface area contributed by atoms with Gasteiger partial charge in [0.2, 0.25) is 0 Å². The molecule has 0 unspecified atom stereocenters. The molecule has 100 valence electrons. The van der Waals surface area contributed by atoms with Crippen molar-refractivity contribution in [3.63, 3.8) is 0 Å². The third-order valence-corrected chi connectivity index (χ3v) is 3.32. The molecular formula is C15H16FNO2. The Bertz CT molecular complexity index is 500. The van der Waals surface area contributed by atoms with Gasteiger partial charge in [0.1, 0.15) is 0 Å². The highest BCUT2D eigenvalue weighted by molar-refractivity contribution is 6.07. The van der Waals surface area contributed by atoms with Crippen molar-refractivity contribution in [3.05, 3.63) is 48.6 Å². The van der Waals surface area contributed by atoms with Crippen LogP contribution in [0.2, 0.25) is 0 Å². The summed E-state index contributed by atoms with van der Waals surface area (Å²) >= 11 is 0. The van der Waals surface area contributed by atoms with E-state index < -0.39 is 17.5 Å². The van der Waals surface area contributed by atoms with Crippen LogP contribution in [0.4, 0.5) is 4.39 Å². The summed E-state index contributed by atoms with van der Waals surface area (Å²) < 4.78 is 14.5. The maximum Gasteiger partial charge on any atom is 0.267 e. The lowest BCUT2D eigenvalue weighted by molar-refractivity contribution is -0.145. The van der Waals surface area contributed by atoms with E-state index in [1.54, 1.807) is 30.3 Å². The maximum atomic E-state index is 14.5. The lowest BCUT2D eigenvalue weighted by atomic mass is 9.90.